The minimum Gasteiger partial charge on any atom is -0.490 e. The van der Waals surface area contributed by atoms with E-state index in [0.29, 0.717) is 23.9 Å². The van der Waals surface area contributed by atoms with Gasteiger partial charge in [0, 0.05) is 18.1 Å². The molecule has 0 aromatic heterocycles. The highest BCUT2D eigenvalue weighted by Gasteiger charge is 2.24. The molecule has 0 radical (unpaired) electrons. The van der Waals surface area contributed by atoms with Crippen molar-refractivity contribution in [1.29, 1.82) is 0 Å². The molecule has 1 unspecified atom stereocenters. The summed E-state index contributed by atoms with van der Waals surface area (Å²) in [6.45, 7) is 5.15. The van der Waals surface area contributed by atoms with E-state index in [2.05, 4.69) is 27.8 Å². The van der Waals surface area contributed by atoms with Gasteiger partial charge < -0.3 is 14.7 Å². The average Bonchev–Trinajstić information content (AvgIpc) is 3.21. The molecule has 0 bridgehead atoms. The third kappa shape index (κ3) is 5.24. The van der Waals surface area contributed by atoms with Crippen molar-refractivity contribution in [2.75, 3.05) is 26.2 Å². The van der Waals surface area contributed by atoms with Gasteiger partial charge in [0.1, 0.15) is 18.5 Å². The Labute approximate surface area is 134 Å². The van der Waals surface area contributed by atoms with E-state index in [9.17, 15) is 5.11 Å². The molecular formula is C15H21BrClNO2. The molecule has 1 atom stereocenters. The zero-order valence-corrected chi connectivity index (χ0v) is 14.0. The van der Waals surface area contributed by atoms with E-state index in [1.54, 1.807) is 18.2 Å². The fraction of sp³-hybridized carbons (Fsp3) is 0.600. The van der Waals surface area contributed by atoms with Gasteiger partial charge in [0.25, 0.3) is 0 Å². The summed E-state index contributed by atoms with van der Waals surface area (Å²) < 4.78 is 6.45. The molecule has 1 aromatic rings. The molecule has 0 aliphatic heterocycles. The van der Waals surface area contributed by atoms with Gasteiger partial charge >= 0.3 is 0 Å². The Bertz CT molecular complexity index is 440. The van der Waals surface area contributed by atoms with Crippen LogP contribution in [0.2, 0.25) is 5.02 Å². The maximum atomic E-state index is 10.1. The highest BCUT2D eigenvalue weighted by atomic mass is 79.9. The van der Waals surface area contributed by atoms with Crippen LogP contribution in [-0.4, -0.2) is 42.4 Å². The summed E-state index contributed by atoms with van der Waals surface area (Å²) in [5.74, 6) is 1.55. The maximum Gasteiger partial charge on any atom is 0.133 e. The molecule has 1 N–H and O–H groups in total. The van der Waals surface area contributed by atoms with Crippen LogP contribution >= 0.6 is 27.5 Å². The lowest BCUT2D eigenvalue weighted by atomic mass is 10.3. The number of benzene rings is 1. The predicted octanol–water partition coefficient (Wildman–Crippen LogP) is 3.57. The van der Waals surface area contributed by atoms with Crippen molar-refractivity contribution in [3.63, 3.8) is 0 Å². The average molecular weight is 363 g/mol. The molecule has 2 rings (SSSR count). The SMILES string of the molecule is CCN(CC(O)COc1ccc(Cl)cc1Br)CC1CC1. The van der Waals surface area contributed by atoms with E-state index >= 15 is 0 Å². The Morgan fingerprint density at radius 1 is 1.50 bits per heavy atom. The quantitative estimate of drug-likeness (QED) is 0.767. The zero-order valence-electron chi connectivity index (χ0n) is 11.7. The number of hydrogen-bond donors (Lipinski definition) is 1. The number of rotatable bonds is 8. The summed E-state index contributed by atoms with van der Waals surface area (Å²) in [6.07, 6.45) is 2.19. The van der Waals surface area contributed by atoms with Crippen molar-refractivity contribution in [3.05, 3.63) is 27.7 Å². The van der Waals surface area contributed by atoms with Crippen molar-refractivity contribution < 1.29 is 9.84 Å². The molecule has 112 valence electrons. The number of nitrogens with zero attached hydrogens (tertiary/aromatic N) is 1. The summed E-state index contributed by atoms with van der Waals surface area (Å²) in [4.78, 5) is 2.29. The minimum atomic E-state index is -0.476. The van der Waals surface area contributed by atoms with E-state index in [4.69, 9.17) is 16.3 Å². The zero-order chi connectivity index (χ0) is 14.5. The van der Waals surface area contributed by atoms with Crippen LogP contribution in [0.3, 0.4) is 0 Å². The normalized spacial score (nSPS) is 16.4. The van der Waals surface area contributed by atoms with Crippen molar-refractivity contribution in [1.82, 2.24) is 4.90 Å². The third-order valence-electron chi connectivity index (χ3n) is 3.45. The summed E-state index contributed by atoms with van der Waals surface area (Å²) >= 11 is 9.28. The first kappa shape index (κ1) is 16.1. The van der Waals surface area contributed by atoms with Crippen LogP contribution in [0.1, 0.15) is 19.8 Å². The lowest BCUT2D eigenvalue weighted by molar-refractivity contribution is 0.0681. The standard InChI is InChI=1S/C15H21BrClNO2/c1-2-18(8-11-3-4-11)9-13(19)10-20-15-6-5-12(17)7-14(15)16/h5-7,11,13,19H,2-4,8-10H2,1H3. The van der Waals surface area contributed by atoms with Crippen molar-refractivity contribution in [2.45, 2.75) is 25.9 Å². The van der Waals surface area contributed by atoms with Gasteiger partial charge in [-0.1, -0.05) is 18.5 Å². The molecule has 20 heavy (non-hydrogen) atoms. The maximum absolute atomic E-state index is 10.1. The summed E-state index contributed by atoms with van der Waals surface area (Å²) in [7, 11) is 0. The highest BCUT2D eigenvalue weighted by Crippen LogP contribution is 2.30. The Balaban J connectivity index is 1.76. The molecule has 3 nitrogen and oxygen atoms in total. The van der Waals surface area contributed by atoms with Gasteiger partial charge in [-0.25, -0.2) is 0 Å². The number of likely N-dealkylation sites (N-methyl/N-ethyl adjacent to an activating group) is 1. The summed E-state index contributed by atoms with van der Waals surface area (Å²) in [5.41, 5.74) is 0. The number of hydrogen-bond acceptors (Lipinski definition) is 3. The molecule has 1 aliphatic rings. The van der Waals surface area contributed by atoms with Crippen molar-refractivity contribution in [3.8, 4) is 5.75 Å². The van der Waals surface area contributed by atoms with Gasteiger partial charge in [0.2, 0.25) is 0 Å². The van der Waals surface area contributed by atoms with Crippen LogP contribution in [0.4, 0.5) is 0 Å². The van der Waals surface area contributed by atoms with Crippen molar-refractivity contribution in [2.24, 2.45) is 5.92 Å². The Morgan fingerprint density at radius 3 is 2.85 bits per heavy atom. The predicted molar refractivity (Wildman–Crippen MR) is 85.5 cm³/mol. The fourth-order valence-electron chi connectivity index (χ4n) is 2.13. The molecule has 0 heterocycles. The number of aliphatic hydroxyl groups is 1. The molecule has 1 fully saturated rings. The number of halogens is 2. The van der Waals surface area contributed by atoms with Crippen molar-refractivity contribution >= 4 is 27.5 Å². The highest BCUT2D eigenvalue weighted by molar-refractivity contribution is 9.10. The van der Waals surface area contributed by atoms with Crippen LogP contribution in [0.15, 0.2) is 22.7 Å². The van der Waals surface area contributed by atoms with E-state index in [-0.39, 0.29) is 0 Å². The molecule has 0 amide bonds. The molecule has 0 spiro atoms. The van der Waals surface area contributed by atoms with Crippen LogP contribution in [0.5, 0.6) is 5.75 Å². The van der Waals surface area contributed by atoms with Crippen LogP contribution < -0.4 is 4.74 Å². The third-order valence-corrected chi connectivity index (χ3v) is 4.31. The lowest BCUT2D eigenvalue weighted by Gasteiger charge is -2.23. The Morgan fingerprint density at radius 2 is 2.25 bits per heavy atom. The molecule has 1 aromatic carbocycles. The van der Waals surface area contributed by atoms with E-state index in [1.165, 1.54) is 12.8 Å². The van der Waals surface area contributed by atoms with Gasteiger partial charge in [-0.15, -0.1) is 0 Å². The Kier molecular flexibility index (Phi) is 6.15. The lowest BCUT2D eigenvalue weighted by Crippen LogP contribution is -2.36. The second-order valence-corrected chi connectivity index (χ2v) is 6.63. The second-order valence-electron chi connectivity index (χ2n) is 5.34. The van der Waals surface area contributed by atoms with Gasteiger partial charge in [-0.2, -0.15) is 0 Å². The van der Waals surface area contributed by atoms with E-state index in [0.717, 1.165) is 23.5 Å². The first-order valence-electron chi connectivity index (χ1n) is 7.06. The van der Waals surface area contributed by atoms with E-state index in [1.807, 2.05) is 0 Å². The van der Waals surface area contributed by atoms with Gasteiger partial charge in [-0.05, 0) is 59.4 Å². The molecule has 0 saturated heterocycles. The molecule has 1 saturated carbocycles. The molecule has 5 heteroatoms. The summed E-state index contributed by atoms with van der Waals surface area (Å²) in [6, 6.07) is 5.37. The molecular weight excluding hydrogens is 342 g/mol. The monoisotopic (exact) mass is 361 g/mol. The summed E-state index contributed by atoms with van der Waals surface area (Å²) in [5, 5.41) is 10.7. The largest absolute Gasteiger partial charge is 0.490 e. The van der Waals surface area contributed by atoms with Gasteiger partial charge in [0.05, 0.1) is 4.47 Å². The second kappa shape index (κ2) is 7.64. The first-order chi connectivity index (χ1) is 9.58. The number of aliphatic hydroxyl groups excluding tert-OH is 1. The van der Waals surface area contributed by atoms with Crippen LogP contribution in [-0.2, 0) is 0 Å². The minimum absolute atomic E-state index is 0.293. The molecule has 1 aliphatic carbocycles. The van der Waals surface area contributed by atoms with Gasteiger partial charge in [0.15, 0.2) is 0 Å². The Hall–Kier alpha value is -0.290. The van der Waals surface area contributed by atoms with Crippen LogP contribution in [0.25, 0.3) is 0 Å². The number of ether oxygens (including phenoxy) is 1. The fourth-order valence-corrected chi connectivity index (χ4v) is 2.92. The topological polar surface area (TPSA) is 32.7 Å². The van der Waals surface area contributed by atoms with Gasteiger partial charge in [-0.3, -0.25) is 0 Å². The first-order valence-corrected chi connectivity index (χ1v) is 8.23. The van der Waals surface area contributed by atoms with Crippen LogP contribution in [0, 0.1) is 5.92 Å². The smallest absolute Gasteiger partial charge is 0.133 e. The van der Waals surface area contributed by atoms with E-state index < -0.39 is 6.10 Å².